The molecule has 0 radical (unpaired) electrons. The zero-order chi connectivity index (χ0) is 18.0. The minimum atomic E-state index is -4.58. The van der Waals surface area contributed by atoms with Crippen LogP contribution < -0.4 is 5.32 Å². The number of nitrogens with one attached hydrogen (secondary N) is 1. The number of alkyl halides is 3. The molecule has 1 amide bonds. The summed E-state index contributed by atoms with van der Waals surface area (Å²) in [5.41, 5.74) is 0. The molecule has 0 aromatic heterocycles. The fourth-order valence-electron chi connectivity index (χ4n) is 3.37. The van der Waals surface area contributed by atoms with E-state index < -0.39 is 28.8 Å². The zero-order valence-corrected chi connectivity index (χ0v) is 14.5. The molecule has 0 saturated carbocycles. The number of carbonyl (C=O) groups is 1. The molecule has 0 bridgehead atoms. The molecule has 2 heterocycles. The van der Waals surface area contributed by atoms with Crippen molar-refractivity contribution < 1.29 is 26.4 Å². The van der Waals surface area contributed by atoms with Gasteiger partial charge in [0.15, 0.2) is 0 Å². The third-order valence-electron chi connectivity index (χ3n) is 4.57. The molecule has 1 N–H and O–H groups in total. The first-order valence-corrected chi connectivity index (χ1v) is 9.96. The third kappa shape index (κ3) is 5.59. The van der Waals surface area contributed by atoms with Gasteiger partial charge in [0.2, 0.25) is 15.9 Å². The molecule has 2 rings (SSSR count). The number of piperidine rings is 1. The van der Waals surface area contributed by atoms with Gasteiger partial charge in [0.1, 0.15) is 6.54 Å². The fraction of sp³-hybridized carbons (Fsp3) is 0.929. The Hall–Kier alpha value is -0.870. The largest absolute Gasteiger partial charge is 0.402 e. The van der Waals surface area contributed by atoms with E-state index in [1.807, 2.05) is 0 Å². The lowest BCUT2D eigenvalue weighted by Gasteiger charge is -2.37. The van der Waals surface area contributed by atoms with Gasteiger partial charge in [0.25, 0.3) is 0 Å². The molecule has 0 spiro atoms. The van der Waals surface area contributed by atoms with Crippen LogP contribution in [0.2, 0.25) is 0 Å². The number of halogens is 3. The molecular weight excluding hydrogens is 347 g/mol. The molecule has 140 valence electrons. The summed E-state index contributed by atoms with van der Waals surface area (Å²) in [6, 6.07) is -0.539. The minimum Gasteiger partial charge on any atom is -0.343 e. The highest BCUT2D eigenvalue weighted by Crippen LogP contribution is 2.25. The number of nitrogens with zero attached hydrogens (tertiary/aromatic N) is 2. The van der Waals surface area contributed by atoms with Gasteiger partial charge in [0, 0.05) is 31.6 Å². The van der Waals surface area contributed by atoms with E-state index in [4.69, 9.17) is 0 Å². The molecule has 0 aliphatic carbocycles. The van der Waals surface area contributed by atoms with E-state index in [0.29, 0.717) is 23.8 Å². The lowest BCUT2D eigenvalue weighted by molar-refractivity contribution is -0.143. The smallest absolute Gasteiger partial charge is 0.343 e. The Labute approximate surface area is 140 Å². The van der Waals surface area contributed by atoms with Crippen LogP contribution in [0.4, 0.5) is 13.2 Å². The van der Waals surface area contributed by atoms with Gasteiger partial charge in [-0.1, -0.05) is 0 Å². The second kappa shape index (κ2) is 7.57. The number of likely N-dealkylation sites (tertiary alicyclic amines) is 1. The molecule has 24 heavy (non-hydrogen) atoms. The van der Waals surface area contributed by atoms with Gasteiger partial charge in [0.05, 0.1) is 6.26 Å². The van der Waals surface area contributed by atoms with Crippen molar-refractivity contribution in [1.82, 2.24) is 14.5 Å². The van der Waals surface area contributed by atoms with Crippen LogP contribution in [-0.2, 0) is 14.8 Å². The van der Waals surface area contributed by atoms with Gasteiger partial charge in [-0.25, -0.2) is 8.42 Å². The van der Waals surface area contributed by atoms with E-state index in [9.17, 15) is 26.4 Å². The van der Waals surface area contributed by atoms with Crippen LogP contribution in [0.25, 0.3) is 0 Å². The van der Waals surface area contributed by atoms with Crippen molar-refractivity contribution in [3.8, 4) is 0 Å². The van der Waals surface area contributed by atoms with E-state index in [-0.39, 0.29) is 24.8 Å². The van der Waals surface area contributed by atoms with Gasteiger partial charge in [-0.2, -0.15) is 17.5 Å². The predicted molar refractivity (Wildman–Crippen MR) is 82.8 cm³/mol. The van der Waals surface area contributed by atoms with Crippen LogP contribution in [-0.4, -0.2) is 74.2 Å². The second-order valence-corrected chi connectivity index (χ2v) is 8.47. The number of rotatable bonds is 5. The monoisotopic (exact) mass is 371 g/mol. The molecule has 2 saturated heterocycles. The van der Waals surface area contributed by atoms with E-state index >= 15 is 0 Å². The minimum absolute atomic E-state index is 0.0189. The Bertz CT molecular complexity index is 539. The Balaban J connectivity index is 1.90. The van der Waals surface area contributed by atoms with Crippen LogP contribution in [0.1, 0.15) is 32.1 Å². The van der Waals surface area contributed by atoms with Gasteiger partial charge >= 0.3 is 6.18 Å². The van der Waals surface area contributed by atoms with Crippen LogP contribution in [0, 0.1) is 0 Å². The number of hydrogen-bond donors (Lipinski definition) is 1. The molecular formula is C14H24F3N3O3S. The summed E-state index contributed by atoms with van der Waals surface area (Å²) < 4.78 is 61.8. The molecule has 10 heteroatoms. The SMILES string of the molecule is CS(=O)(=O)N(CC(F)(F)F)C1CCN(C(=O)CC2CCCN2)CC1. The van der Waals surface area contributed by atoms with Crippen LogP contribution in [0.15, 0.2) is 0 Å². The highest BCUT2D eigenvalue weighted by atomic mass is 32.2. The third-order valence-corrected chi connectivity index (χ3v) is 5.85. The first-order chi connectivity index (χ1) is 11.1. The molecule has 0 aromatic carbocycles. The number of hydrogen-bond acceptors (Lipinski definition) is 4. The molecule has 2 aliphatic heterocycles. The van der Waals surface area contributed by atoms with Crippen molar-refractivity contribution in [2.24, 2.45) is 0 Å². The summed E-state index contributed by atoms with van der Waals surface area (Å²) in [7, 11) is -3.95. The van der Waals surface area contributed by atoms with Crippen molar-refractivity contribution in [3.63, 3.8) is 0 Å². The van der Waals surface area contributed by atoms with Gasteiger partial charge in [-0.05, 0) is 32.2 Å². The van der Waals surface area contributed by atoms with E-state index in [2.05, 4.69) is 5.32 Å². The summed E-state index contributed by atoms with van der Waals surface area (Å²) >= 11 is 0. The normalized spacial score (nSPS) is 23.9. The lowest BCUT2D eigenvalue weighted by atomic mass is 10.0. The Morgan fingerprint density at radius 2 is 1.88 bits per heavy atom. The Morgan fingerprint density at radius 1 is 1.25 bits per heavy atom. The number of carbonyl (C=O) groups excluding carboxylic acids is 1. The van der Waals surface area contributed by atoms with Crippen molar-refractivity contribution in [3.05, 3.63) is 0 Å². The lowest BCUT2D eigenvalue weighted by Crippen LogP contribution is -2.51. The van der Waals surface area contributed by atoms with E-state index in [1.165, 1.54) is 0 Å². The summed E-state index contributed by atoms with van der Waals surface area (Å²) in [4.78, 5) is 13.9. The van der Waals surface area contributed by atoms with Crippen molar-refractivity contribution in [2.45, 2.75) is 50.4 Å². The molecule has 1 unspecified atom stereocenters. The molecule has 6 nitrogen and oxygen atoms in total. The van der Waals surface area contributed by atoms with Gasteiger partial charge in [-0.3, -0.25) is 4.79 Å². The van der Waals surface area contributed by atoms with Crippen LogP contribution in [0.5, 0.6) is 0 Å². The first-order valence-electron chi connectivity index (χ1n) is 8.11. The zero-order valence-electron chi connectivity index (χ0n) is 13.7. The maximum absolute atomic E-state index is 12.6. The highest BCUT2D eigenvalue weighted by Gasteiger charge is 2.40. The maximum Gasteiger partial charge on any atom is 0.402 e. The molecule has 0 aromatic rings. The summed E-state index contributed by atoms with van der Waals surface area (Å²) in [6.45, 7) is 0.0113. The quantitative estimate of drug-likeness (QED) is 0.781. The highest BCUT2D eigenvalue weighted by molar-refractivity contribution is 7.88. The average molecular weight is 371 g/mol. The summed E-state index contributed by atoms with van der Waals surface area (Å²) in [5.74, 6) is -0.0189. The fourth-order valence-corrected chi connectivity index (χ4v) is 4.50. The molecule has 2 fully saturated rings. The van der Waals surface area contributed by atoms with Gasteiger partial charge < -0.3 is 10.2 Å². The maximum atomic E-state index is 12.6. The first kappa shape index (κ1) is 19.5. The van der Waals surface area contributed by atoms with E-state index in [1.54, 1.807) is 4.90 Å². The number of sulfonamides is 1. The Kier molecular flexibility index (Phi) is 6.14. The number of amides is 1. The standard InChI is InChI=1S/C14H24F3N3O3S/c1-24(22,23)20(10-14(15,16)17)12-4-7-19(8-5-12)13(21)9-11-3-2-6-18-11/h11-12,18H,2-10H2,1H3. The van der Waals surface area contributed by atoms with Gasteiger partial charge in [-0.15, -0.1) is 0 Å². The van der Waals surface area contributed by atoms with Crippen LogP contribution in [0.3, 0.4) is 0 Å². The topological polar surface area (TPSA) is 69.7 Å². The second-order valence-electron chi connectivity index (χ2n) is 6.53. The van der Waals surface area contributed by atoms with Crippen LogP contribution >= 0.6 is 0 Å². The van der Waals surface area contributed by atoms with E-state index in [0.717, 1.165) is 25.6 Å². The van der Waals surface area contributed by atoms with Crippen molar-refractivity contribution >= 4 is 15.9 Å². The average Bonchev–Trinajstić information content (AvgIpc) is 2.96. The van der Waals surface area contributed by atoms with Crippen molar-refractivity contribution in [1.29, 1.82) is 0 Å². The molecule has 2 aliphatic rings. The van der Waals surface area contributed by atoms with Crippen molar-refractivity contribution in [2.75, 3.05) is 32.4 Å². The predicted octanol–water partition coefficient (Wildman–Crippen LogP) is 0.943. The summed E-state index contributed by atoms with van der Waals surface area (Å²) in [6.07, 6.45) is -0.939. The summed E-state index contributed by atoms with van der Waals surface area (Å²) in [5, 5.41) is 3.24. The Morgan fingerprint density at radius 3 is 2.33 bits per heavy atom. The molecule has 1 atom stereocenters.